The molecule has 104 valence electrons. The van der Waals surface area contributed by atoms with Crippen LogP contribution in [0.25, 0.3) is 0 Å². The highest BCUT2D eigenvalue weighted by molar-refractivity contribution is 5.62. The smallest absolute Gasteiger partial charge is 0.334 e. The fraction of sp³-hybridized carbons (Fsp3) is 0.769. The maximum atomic E-state index is 11.4. The molecule has 2 aliphatic rings. The summed E-state index contributed by atoms with van der Waals surface area (Å²) in [6.07, 6.45) is 5.55. The van der Waals surface area contributed by atoms with Gasteiger partial charge in [-0.15, -0.1) is 0 Å². The van der Waals surface area contributed by atoms with Gasteiger partial charge in [0.25, 0.3) is 0 Å². The highest BCUT2D eigenvalue weighted by Crippen LogP contribution is 2.53. The summed E-state index contributed by atoms with van der Waals surface area (Å²) in [6, 6.07) is 0. The lowest BCUT2D eigenvalue weighted by Crippen LogP contribution is -2.37. The van der Waals surface area contributed by atoms with Gasteiger partial charge in [0, 0.05) is 20.1 Å². The van der Waals surface area contributed by atoms with Gasteiger partial charge in [0.2, 0.25) is 5.82 Å². The largest absolute Gasteiger partial charge is 0.351 e. The van der Waals surface area contributed by atoms with Crippen molar-refractivity contribution in [3.63, 3.8) is 0 Å². The van der Waals surface area contributed by atoms with Gasteiger partial charge in [-0.1, -0.05) is 6.92 Å². The summed E-state index contributed by atoms with van der Waals surface area (Å²) in [5.74, 6) is 0.702. The maximum absolute atomic E-state index is 11.4. The van der Waals surface area contributed by atoms with Gasteiger partial charge < -0.3 is 4.90 Å². The third kappa shape index (κ3) is 1.99. The fourth-order valence-corrected chi connectivity index (χ4v) is 3.31. The summed E-state index contributed by atoms with van der Waals surface area (Å²) in [5, 5.41) is 15.7. The molecule has 6 heteroatoms. The Morgan fingerprint density at radius 2 is 2.16 bits per heavy atom. The number of aryl methyl sites for hydroxylation is 2. The molecule has 1 aromatic heterocycles. The highest BCUT2D eigenvalue weighted by atomic mass is 16.6. The van der Waals surface area contributed by atoms with Crippen molar-refractivity contribution in [2.45, 2.75) is 39.0 Å². The van der Waals surface area contributed by atoms with E-state index in [0.29, 0.717) is 23.3 Å². The summed E-state index contributed by atoms with van der Waals surface area (Å²) in [7, 11) is 1.82. The van der Waals surface area contributed by atoms with E-state index in [-0.39, 0.29) is 10.6 Å². The molecule has 0 radical (unpaired) electrons. The van der Waals surface area contributed by atoms with Crippen molar-refractivity contribution >= 4 is 11.5 Å². The van der Waals surface area contributed by atoms with E-state index in [4.69, 9.17) is 0 Å². The molecule has 1 saturated heterocycles. The molecule has 0 atom stereocenters. The Morgan fingerprint density at radius 1 is 1.42 bits per heavy atom. The third-order valence-corrected chi connectivity index (χ3v) is 4.50. The van der Waals surface area contributed by atoms with Crippen LogP contribution in [-0.4, -0.2) is 27.8 Å². The first kappa shape index (κ1) is 12.4. The van der Waals surface area contributed by atoms with Crippen LogP contribution in [0.15, 0.2) is 0 Å². The highest BCUT2D eigenvalue weighted by Gasteiger charge is 2.47. The van der Waals surface area contributed by atoms with Crippen LogP contribution in [-0.2, 0) is 13.5 Å². The number of anilines is 1. The van der Waals surface area contributed by atoms with Crippen LogP contribution < -0.4 is 4.90 Å². The van der Waals surface area contributed by atoms with E-state index in [2.05, 4.69) is 10.00 Å². The lowest BCUT2D eigenvalue weighted by molar-refractivity contribution is -0.384. The second-order valence-corrected chi connectivity index (χ2v) is 5.88. The number of piperidine rings is 1. The molecule has 0 unspecified atom stereocenters. The molecule has 1 aliphatic heterocycles. The SMILES string of the molecule is CCc1nn(C)c(N2CCCC3(CC3)C2)c1[N+](=O)[O-]. The van der Waals surface area contributed by atoms with Crippen molar-refractivity contribution in [3.8, 4) is 0 Å². The van der Waals surface area contributed by atoms with E-state index in [9.17, 15) is 10.1 Å². The van der Waals surface area contributed by atoms with Crippen molar-refractivity contribution < 1.29 is 4.92 Å². The minimum absolute atomic E-state index is 0.211. The molecule has 0 aromatic carbocycles. The second-order valence-electron chi connectivity index (χ2n) is 5.88. The molecule has 2 fully saturated rings. The summed E-state index contributed by atoms with van der Waals surface area (Å²) in [6.45, 7) is 3.78. The number of hydrogen-bond donors (Lipinski definition) is 0. The first-order valence-electron chi connectivity index (χ1n) is 7.01. The third-order valence-electron chi connectivity index (χ3n) is 4.50. The second kappa shape index (κ2) is 4.21. The molecule has 0 amide bonds. The molecule has 0 bridgehead atoms. The Hall–Kier alpha value is -1.59. The van der Waals surface area contributed by atoms with Crippen molar-refractivity contribution in [1.29, 1.82) is 0 Å². The summed E-state index contributed by atoms with van der Waals surface area (Å²) >= 11 is 0. The van der Waals surface area contributed by atoms with Crippen LogP contribution in [0.2, 0.25) is 0 Å². The van der Waals surface area contributed by atoms with Gasteiger partial charge in [-0.3, -0.25) is 10.1 Å². The van der Waals surface area contributed by atoms with Crippen molar-refractivity contribution in [3.05, 3.63) is 15.8 Å². The molecule has 19 heavy (non-hydrogen) atoms. The molecule has 3 rings (SSSR count). The standard InChI is InChI=1S/C13H20N4O2/c1-3-10-11(17(18)19)12(15(2)14-10)16-8-4-5-13(9-16)6-7-13/h3-9H2,1-2H3. The Labute approximate surface area is 112 Å². The van der Waals surface area contributed by atoms with Crippen LogP contribution in [0.3, 0.4) is 0 Å². The van der Waals surface area contributed by atoms with E-state index < -0.39 is 0 Å². The van der Waals surface area contributed by atoms with Gasteiger partial charge in [0.1, 0.15) is 5.69 Å². The molecule has 1 aliphatic carbocycles. The van der Waals surface area contributed by atoms with Crippen molar-refractivity contribution in [2.75, 3.05) is 18.0 Å². The van der Waals surface area contributed by atoms with Crippen LogP contribution in [0.4, 0.5) is 11.5 Å². The Kier molecular flexibility index (Phi) is 2.76. The monoisotopic (exact) mass is 264 g/mol. The zero-order valence-electron chi connectivity index (χ0n) is 11.6. The van der Waals surface area contributed by atoms with Gasteiger partial charge in [-0.25, -0.2) is 4.68 Å². The lowest BCUT2D eigenvalue weighted by atomic mass is 9.95. The van der Waals surface area contributed by atoms with E-state index in [0.717, 1.165) is 19.5 Å². The number of nitrogens with zero attached hydrogens (tertiary/aromatic N) is 4. The molecule has 1 spiro atoms. The van der Waals surface area contributed by atoms with Gasteiger partial charge in [0.05, 0.1) is 4.92 Å². The van der Waals surface area contributed by atoms with Crippen molar-refractivity contribution in [2.24, 2.45) is 12.5 Å². The van der Waals surface area contributed by atoms with E-state index in [1.165, 1.54) is 19.3 Å². The minimum atomic E-state index is -0.269. The maximum Gasteiger partial charge on any atom is 0.334 e. The molecule has 0 N–H and O–H groups in total. The fourth-order valence-electron chi connectivity index (χ4n) is 3.31. The van der Waals surface area contributed by atoms with Gasteiger partial charge in [-0.05, 0) is 37.5 Å². The predicted octanol–water partition coefficient (Wildman–Crippen LogP) is 2.27. The molecular formula is C13H20N4O2. The quantitative estimate of drug-likeness (QED) is 0.620. The average molecular weight is 264 g/mol. The van der Waals surface area contributed by atoms with Crippen molar-refractivity contribution in [1.82, 2.24) is 9.78 Å². The van der Waals surface area contributed by atoms with E-state index in [1.54, 1.807) is 4.68 Å². The number of rotatable bonds is 3. The van der Waals surface area contributed by atoms with Crippen LogP contribution in [0.5, 0.6) is 0 Å². The average Bonchev–Trinajstić information content (AvgIpc) is 3.01. The minimum Gasteiger partial charge on any atom is -0.351 e. The molecule has 1 saturated carbocycles. The summed E-state index contributed by atoms with van der Waals surface area (Å²) < 4.78 is 1.69. The first-order valence-corrected chi connectivity index (χ1v) is 7.01. The zero-order valence-corrected chi connectivity index (χ0v) is 11.6. The lowest BCUT2D eigenvalue weighted by Gasteiger charge is -2.33. The van der Waals surface area contributed by atoms with Gasteiger partial charge >= 0.3 is 5.69 Å². The normalized spacial score (nSPS) is 20.8. The molecule has 1 aromatic rings. The summed E-state index contributed by atoms with van der Waals surface area (Å²) in [4.78, 5) is 13.3. The van der Waals surface area contributed by atoms with E-state index >= 15 is 0 Å². The number of aromatic nitrogens is 2. The van der Waals surface area contributed by atoms with Crippen LogP contribution in [0.1, 0.15) is 38.3 Å². The topological polar surface area (TPSA) is 64.2 Å². The number of nitro groups is 1. The van der Waals surface area contributed by atoms with Gasteiger partial charge in [-0.2, -0.15) is 5.10 Å². The molecule has 2 heterocycles. The van der Waals surface area contributed by atoms with Crippen LogP contribution in [0, 0.1) is 15.5 Å². The molecular weight excluding hydrogens is 244 g/mol. The first-order chi connectivity index (χ1) is 9.06. The Bertz CT molecular complexity index is 519. The zero-order chi connectivity index (χ0) is 13.6. The molecule has 6 nitrogen and oxygen atoms in total. The Balaban J connectivity index is 1.99. The van der Waals surface area contributed by atoms with Gasteiger partial charge in [0.15, 0.2) is 0 Å². The van der Waals surface area contributed by atoms with Crippen LogP contribution >= 0.6 is 0 Å². The number of hydrogen-bond acceptors (Lipinski definition) is 4. The summed E-state index contributed by atoms with van der Waals surface area (Å²) in [5.41, 5.74) is 1.25. The Morgan fingerprint density at radius 3 is 2.74 bits per heavy atom. The predicted molar refractivity (Wildman–Crippen MR) is 72.4 cm³/mol. The van der Waals surface area contributed by atoms with E-state index in [1.807, 2.05) is 14.0 Å².